The largest absolute Gasteiger partial charge is 0.213 e. The summed E-state index contributed by atoms with van der Waals surface area (Å²) in [4.78, 5) is 0. The van der Waals surface area contributed by atoms with Gasteiger partial charge in [0.05, 0.1) is 0 Å². The van der Waals surface area contributed by atoms with Crippen LogP contribution < -0.4 is 4.57 Å². The molecule has 0 saturated carbocycles. The highest BCUT2D eigenvalue weighted by Gasteiger charge is 2.14. The van der Waals surface area contributed by atoms with Crippen molar-refractivity contribution in [3.8, 4) is 22.4 Å². The van der Waals surface area contributed by atoms with Crippen molar-refractivity contribution in [2.24, 2.45) is 7.05 Å². The molecule has 0 bridgehead atoms. The molecular formula is C22H24N+. The third-order valence-corrected chi connectivity index (χ3v) is 4.57. The normalized spacial score (nSPS) is 13.3. The summed E-state index contributed by atoms with van der Waals surface area (Å²) in [5.74, 6) is 0. The maximum absolute atomic E-state index is 7.84. The Bertz CT molecular complexity index is 972. The van der Waals surface area contributed by atoms with E-state index in [-0.39, 0.29) is 0 Å². The van der Waals surface area contributed by atoms with Crippen molar-refractivity contribution in [3.63, 3.8) is 0 Å². The molecule has 0 fully saturated rings. The van der Waals surface area contributed by atoms with Gasteiger partial charge in [0.15, 0.2) is 6.20 Å². The Kier molecular flexibility index (Phi) is 3.15. The Morgan fingerprint density at radius 1 is 0.826 bits per heavy atom. The summed E-state index contributed by atoms with van der Waals surface area (Å²) in [6.45, 7) is 3.84. The molecule has 3 aromatic rings. The first-order chi connectivity index (χ1) is 12.2. The summed E-state index contributed by atoms with van der Waals surface area (Å²) in [7, 11) is 2.03. The van der Waals surface area contributed by atoms with Crippen LogP contribution in [0.15, 0.2) is 54.7 Å². The van der Waals surface area contributed by atoms with Crippen molar-refractivity contribution in [1.29, 1.82) is 0 Å². The van der Waals surface area contributed by atoms with Crippen LogP contribution in [-0.2, 0) is 7.05 Å². The maximum atomic E-state index is 7.84. The number of hydrogen-bond donors (Lipinski definition) is 0. The van der Waals surface area contributed by atoms with Gasteiger partial charge in [0, 0.05) is 21.8 Å². The molecule has 2 aromatic carbocycles. The number of nitrogens with zero attached hydrogens (tertiary/aromatic N) is 1. The standard InChI is InChI=1S/C22H24N/c1-15-8-6-7-9-21(15)22-14-19(10-11-23(22)5)20-12-16(2)18(4)17(3)13-20/h6-14H,1-5H3/q+1/i2D3. The van der Waals surface area contributed by atoms with E-state index in [9.17, 15) is 0 Å². The smallest absolute Gasteiger partial charge is 0.201 e. The maximum Gasteiger partial charge on any atom is 0.213 e. The Morgan fingerprint density at radius 3 is 2.30 bits per heavy atom. The fraction of sp³-hybridized carbons (Fsp3) is 0.227. The van der Waals surface area contributed by atoms with Crippen LogP contribution in [-0.4, -0.2) is 0 Å². The van der Waals surface area contributed by atoms with Crippen molar-refractivity contribution >= 4 is 0 Å². The Labute approximate surface area is 143 Å². The zero-order chi connectivity index (χ0) is 19.1. The van der Waals surface area contributed by atoms with Crippen LogP contribution in [0.5, 0.6) is 0 Å². The average Bonchev–Trinajstić information content (AvgIpc) is 2.57. The lowest BCUT2D eigenvalue weighted by atomic mass is 9.95. The topological polar surface area (TPSA) is 3.88 Å². The third-order valence-electron chi connectivity index (χ3n) is 4.57. The van der Waals surface area contributed by atoms with Gasteiger partial charge in [0.25, 0.3) is 0 Å². The SMILES string of the molecule is [2H]C([2H])([2H])c1cc(-c2cc[n+](C)c(-c3ccccc3C)c2)cc(C)c1C. The van der Waals surface area contributed by atoms with Crippen molar-refractivity contribution in [2.45, 2.75) is 27.6 Å². The molecule has 1 heterocycles. The van der Waals surface area contributed by atoms with Crippen LogP contribution in [0.4, 0.5) is 0 Å². The summed E-state index contributed by atoms with van der Waals surface area (Å²) in [5, 5.41) is 0. The van der Waals surface area contributed by atoms with Gasteiger partial charge in [-0.05, 0) is 67.1 Å². The van der Waals surface area contributed by atoms with Gasteiger partial charge in [-0.15, -0.1) is 0 Å². The van der Waals surface area contributed by atoms with Gasteiger partial charge in [0.2, 0.25) is 5.69 Å². The van der Waals surface area contributed by atoms with Crippen molar-refractivity contribution in [3.05, 3.63) is 77.0 Å². The third kappa shape index (κ3) is 2.92. The van der Waals surface area contributed by atoms with Gasteiger partial charge in [-0.2, -0.15) is 0 Å². The van der Waals surface area contributed by atoms with Crippen molar-refractivity contribution in [1.82, 2.24) is 0 Å². The zero-order valence-corrected chi connectivity index (χ0v) is 14.1. The van der Waals surface area contributed by atoms with E-state index in [4.69, 9.17) is 4.11 Å². The molecule has 0 aliphatic rings. The minimum Gasteiger partial charge on any atom is -0.201 e. The lowest BCUT2D eigenvalue weighted by Crippen LogP contribution is -2.30. The van der Waals surface area contributed by atoms with Crippen molar-refractivity contribution in [2.75, 3.05) is 0 Å². The molecular weight excluding hydrogens is 278 g/mol. The molecule has 0 saturated heterocycles. The summed E-state index contributed by atoms with van der Waals surface area (Å²) in [6.07, 6.45) is 2.03. The van der Waals surface area contributed by atoms with Crippen molar-refractivity contribution < 1.29 is 8.68 Å². The van der Waals surface area contributed by atoms with Crippen LogP contribution in [0.25, 0.3) is 22.4 Å². The lowest BCUT2D eigenvalue weighted by molar-refractivity contribution is -0.660. The van der Waals surface area contributed by atoms with Gasteiger partial charge in [0.1, 0.15) is 7.05 Å². The molecule has 1 heteroatoms. The summed E-state index contributed by atoms with van der Waals surface area (Å²) in [5.41, 5.74) is 7.73. The second kappa shape index (κ2) is 6.00. The van der Waals surface area contributed by atoms with E-state index >= 15 is 0 Å². The first-order valence-corrected chi connectivity index (χ1v) is 7.86. The second-order valence-corrected chi connectivity index (χ2v) is 6.19. The summed E-state index contributed by atoms with van der Waals surface area (Å²) in [6, 6.07) is 16.3. The van der Waals surface area contributed by atoms with Crippen LogP contribution in [0.3, 0.4) is 0 Å². The minimum atomic E-state index is -2.11. The number of aromatic nitrogens is 1. The fourth-order valence-corrected chi connectivity index (χ4v) is 2.90. The molecule has 0 atom stereocenters. The van der Waals surface area contributed by atoms with Gasteiger partial charge >= 0.3 is 0 Å². The summed E-state index contributed by atoms with van der Waals surface area (Å²) >= 11 is 0. The Hall–Kier alpha value is -2.41. The number of benzene rings is 2. The van der Waals surface area contributed by atoms with Crippen LogP contribution in [0, 0.1) is 27.6 Å². The molecule has 3 rings (SSSR count). The van der Waals surface area contributed by atoms with Crippen LogP contribution >= 0.6 is 0 Å². The highest BCUT2D eigenvalue weighted by atomic mass is 14.9. The van der Waals surface area contributed by atoms with Crippen LogP contribution in [0.1, 0.15) is 26.4 Å². The number of rotatable bonds is 2. The highest BCUT2D eigenvalue weighted by molar-refractivity contribution is 5.71. The Morgan fingerprint density at radius 2 is 1.57 bits per heavy atom. The van der Waals surface area contributed by atoms with Gasteiger partial charge in [-0.3, -0.25) is 0 Å². The second-order valence-electron chi connectivity index (χ2n) is 6.19. The van der Waals surface area contributed by atoms with E-state index in [0.717, 1.165) is 27.9 Å². The monoisotopic (exact) mass is 305 g/mol. The molecule has 0 spiro atoms. The van der Waals surface area contributed by atoms with Gasteiger partial charge < -0.3 is 0 Å². The number of aryl methyl sites for hydroxylation is 4. The minimum absolute atomic E-state index is 0.429. The average molecular weight is 305 g/mol. The lowest BCUT2D eigenvalue weighted by Gasteiger charge is -2.10. The first kappa shape index (κ1) is 12.1. The molecule has 1 aromatic heterocycles. The molecule has 0 aliphatic carbocycles. The van der Waals surface area contributed by atoms with E-state index in [1.807, 2.05) is 51.4 Å². The zero-order valence-electron chi connectivity index (χ0n) is 17.1. The molecule has 1 nitrogen and oxygen atoms in total. The van der Waals surface area contributed by atoms with Crippen LogP contribution in [0.2, 0.25) is 0 Å². The molecule has 0 aliphatic heterocycles. The molecule has 0 unspecified atom stereocenters. The quantitative estimate of drug-likeness (QED) is 0.581. The first-order valence-electron chi connectivity index (χ1n) is 9.36. The highest BCUT2D eigenvalue weighted by Crippen LogP contribution is 2.28. The number of hydrogen-bond acceptors (Lipinski definition) is 0. The molecule has 116 valence electrons. The van der Waals surface area contributed by atoms with E-state index < -0.39 is 6.85 Å². The van der Waals surface area contributed by atoms with E-state index in [2.05, 4.69) is 35.8 Å². The number of pyridine rings is 1. The van der Waals surface area contributed by atoms with E-state index in [1.54, 1.807) is 0 Å². The van der Waals surface area contributed by atoms with E-state index in [1.165, 1.54) is 11.1 Å². The van der Waals surface area contributed by atoms with Gasteiger partial charge in [-0.1, -0.05) is 30.3 Å². The Balaban J connectivity index is 2.19. The van der Waals surface area contributed by atoms with E-state index in [0.29, 0.717) is 5.56 Å². The molecule has 0 amide bonds. The summed E-state index contributed by atoms with van der Waals surface area (Å²) < 4.78 is 25.6. The predicted molar refractivity (Wildman–Crippen MR) is 97.4 cm³/mol. The fourth-order valence-electron chi connectivity index (χ4n) is 2.90. The molecule has 23 heavy (non-hydrogen) atoms. The molecule has 0 radical (unpaired) electrons. The van der Waals surface area contributed by atoms with Gasteiger partial charge in [-0.25, -0.2) is 4.57 Å². The predicted octanol–water partition coefficient (Wildman–Crippen LogP) is 5.08. The molecule has 0 N–H and O–H groups in total.